The first-order valence-electron chi connectivity index (χ1n) is 9.25. The lowest BCUT2D eigenvalue weighted by atomic mass is 9.95. The zero-order valence-electron chi connectivity index (χ0n) is 15.2. The van der Waals surface area contributed by atoms with E-state index in [9.17, 15) is 13.2 Å². The van der Waals surface area contributed by atoms with Gasteiger partial charge in [-0.05, 0) is 57.7 Å². The third-order valence-corrected chi connectivity index (χ3v) is 5.04. The van der Waals surface area contributed by atoms with E-state index in [-0.39, 0.29) is 0 Å². The van der Waals surface area contributed by atoms with Crippen molar-refractivity contribution in [2.24, 2.45) is 0 Å². The van der Waals surface area contributed by atoms with E-state index in [1.807, 2.05) is 30.3 Å². The molecule has 1 aliphatic rings. The van der Waals surface area contributed by atoms with Gasteiger partial charge in [-0.15, -0.1) is 0 Å². The molecule has 0 unspecified atom stereocenters. The molecule has 0 bridgehead atoms. The van der Waals surface area contributed by atoms with Crippen LogP contribution in [-0.2, 0) is 6.18 Å². The van der Waals surface area contributed by atoms with Gasteiger partial charge in [0.15, 0.2) is 0 Å². The molecule has 0 aliphatic heterocycles. The molecule has 3 aromatic carbocycles. The molecule has 0 radical (unpaired) electrons. The Labute approximate surface area is 162 Å². The Balaban J connectivity index is 1.61. The summed E-state index contributed by atoms with van der Waals surface area (Å²) >= 11 is 0. The first-order valence-corrected chi connectivity index (χ1v) is 9.25. The summed E-state index contributed by atoms with van der Waals surface area (Å²) in [6.45, 7) is 0. The number of hydrogen-bond donors (Lipinski definition) is 0. The molecule has 0 saturated heterocycles. The van der Waals surface area contributed by atoms with Crippen LogP contribution in [0, 0.1) is 0 Å². The molecule has 3 heteroatoms. The Morgan fingerprint density at radius 1 is 0.607 bits per heavy atom. The average Bonchev–Trinajstić information content (AvgIpc) is 2.68. The monoisotopic (exact) mass is 376 g/mol. The lowest BCUT2D eigenvalue weighted by Crippen LogP contribution is -2.23. The van der Waals surface area contributed by atoms with Crippen molar-refractivity contribution in [3.8, 4) is 11.1 Å². The zero-order chi connectivity index (χ0) is 19.6. The molecular formula is C25H19F3. The number of halogens is 3. The fourth-order valence-corrected chi connectivity index (χ4v) is 3.47. The molecule has 0 heterocycles. The van der Waals surface area contributed by atoms with Crippen molar-refractivity contribution in [1.82, 2.24) is 0 Å². The standard InChI is InChI=1S/C25H19F3/c26-25(27,28)24-16-14-23(15-17-24)22-12-10-21(11-13-22)20-7-3-6-18-4-1-2-5-19(18)8-9-20/h1-2,4-6,8-17H,3,7H2/b18-6-,19-8-,20-9+. The first-order chi connectivity index (χ1) is 13.5. The van der Waals surface area contributed by atoms with Crippen LogP contribution in [0.25, 0.3) is 28.9 Å². The molecule has 0 spiro atoms. The molecule has 0 saturated carbocycles. The van der Waals surface area contributed by atoms with Crippen LogP contribution in [0.1, 0.15) is 24.0 Å². The molecule has 0 N–H and O–H groups in total. The lowest BCUT2D eigenvalue weighted by molar-refractivity contribution is -0.137. The molecular weight excluding hydrogens is 357 g/mol. The minimum atomic E-state index is -4.31. The second kappa shape index (κ2) is 7.51. The summed E-state index contributed by atoms with van der Waals surface area (Å²) in [4.78, 5) is 0. The SMILES string of the molecule is FC(F)(F)c1ccc(-c2ccc(/C3=C/C=c4/cccc/c4=C/CC3)cc2)cc1. The van der Waals surface area contributed by atoms with Crippen molar-refractivity contribution < 1.29 is 13.2 Å². The van der Waals surface area contributed by atoms with Gasteiger partial charge in [0.05, 0.1) is 5.56 Å². The number of hydrogen-bond acceptors (Lipinski definition) is 0. The normalized spacial score (nSPS) is 18.3. The van der Waals surface area contributed by atoms with Gasteiger partial charge in [-0.3, -0.25) is 0 Å². The summed E-state index contributed by atoms with van der Waals surface area (Å²) in [6.07, 6.45) is 4.18. The van der Waals surface area contributed by atoms with Crippen molar-refractivity contribution in [3.05, 3.63) is 100 Å². The summed E-state index contributed by atoms with van der Waals surface area (Å²) in [7, 11) is 0. The highest BCUT2D eigenvalue weighted by Crippen LogP contribution is 2.31. The minimum Gasteiger partial charge on any atom is -0.166 e. The number of fused-ring (bicyclic) bond motifs is 1. The highest BCUT2D eigenvalue weighted by atomic mass is 19.4. The van der Waals surface area contributed by atoms with Crippen LogP contribution in [-0.4, -0.2) is 0 Å². The van der Waals surface area contributed by atoms with Crippen LogP contribution in [0.2, 0.25) is 0 Å². The second-order valence-corrected chi connectivity index (χ2v) is 6.88. The molecule has 28 heavy (non-hydrogen) atoms. The van der Waals surface area contributed by atoms with Crippen LogP contribution in [0.4, 0.5) is 13.2 Å². The summed E-state index contributed by atoms with van der Waals surface area (Å²) in [5.74, 6) is 0. The van der Waals surface area contributed by atoms with Gasteiger partial charge >= 0.3 is 6.18 Å². The Morgan fingerprint density at radius 3 is 1.82 bits per heavy atom. The molecule has 1 aliphatic carbocycles. The lowest BCUT2D eigenvalue weighted by Gasteiger charge is -2.10. The van der Waals surface area contributed by atoms with Crippen molar-refractivity contribution >= 4 is 17.7 Å². The molecule has 140 valence electrons. The van der Waals surface area contributed by atoms with Crippen LogP contribution in [0.5, 0.6) is 0 Å². The molecule has 0 atom stereocenters. The zero-order valence-corrected chi connectivity index (χ0v) is 15.2. The van der Waals surface area contributed by atoms with E-state index in [4.69, 9.17) is 0 Å². The summed E-state index contributed by atoms with van der Waals surface area (Å²) in [5.41, 5.74) is 3.45. The van der Waals surface area contributed by atoms with E-state index in [1.54, 1.807) is 0 Å². The molecule has 0 fully saturated rings. The van der Waals surface area contributed by atoms with Crippen LogP contribution >= 0.6 is 0 Å². The van der Waals surface area contributed by atoms with E-state index in [0.29, 0.717) is 0 Å². The maximum Gasteiger partial charge on any atom is 0.416 e. The van der Waals surface area contributed by atoms with Crippen LogP contribution in [0.3, 0.4) is 0 Å². The van der Waals surface area contributed by atoms with Gasteiger partial charge in [-0.1, -0.05) is 78.9 Å². The van der Waals surface area contributed by atoms with Crippen LogP contribution in [0.15, 0.2) is 78.9 Å². The van der Waals surface area contributed by atoms with Crippen molar-refractivity contribution in [1.29, 1.82) is 0 Å². The Hall–Kier alpha value is -3.07. The number of allylic oxidation sites excluding steroid dienone is 2. The maximum atomic E-state index is 12.7. The van der Waals surface area contributed by atoms with Gasteiger partial charge < -0.3 is 0 Å². The maximum absolute atomic E-state index is 12.7. The molecule has 0 amide bonds. The van der Waals surface area contributed by atoms with Gasteiger partial charge in [0.2, 0.25) is 0 Å². The molecule has 4 rings (SSSR count). The van der Waals surface area contributed by atoms with Crippen molar-refractivity contribution in [3.63, 3.8) is 0 Å². The van der Waals surface area contributed by atoms with Crippen molar-refractivity contribution in [2.75, 3.05) is 0 Å². The van der Waals surface area contributed by atoms with Gasteiger partial charge in [0.25, 0.3) is 0 Å². The predicted molar refractivity (Wildman–Crippen MR) is 109 cm³/mol. The Kier molecular flexibility index (Phi) is 4.91. The fourth-order valence-electron chi connectivity index (χ4n) is 3.47. The first kappa shape index (κ1) is 18.3. The largest absolute Gasteiger partial charge is 0.416 e. The van der Waals surface area contributed by atoms with Gasteiger partial charge in [-0.2, -0.15) is 13.2 Å². The molecule has 0 aromatic heterocycles. The molecule has 3 aromatic rings. The Bertz CT molecular complexity index is 1120. The third kappa shape index (κ3) is 3.94. The van der Waals surface area contributed by atoms with Gasteiger partial charge in [0.1, 0.15) is 0 Å². The van der Waals surface area contributed by atoms with Gasteiger partial charge in [0, 0.05) is 0 Å². The topological polar surface area (TPSA) is 0 Å². The van der Waals surface area contributed by atoms with Crippen molar-refractivity contribution in [2.45, 2.75) is 19.0 Å². The summed E-state index contributed by atoms with van der Waals surface area (Å²) < 4.78 is 38.2. The predicted octanol–water partition coefficient (Wildman–Crippen LogP) is 5.81. The number of benzene rings is 3. The van der Waals surface area contributed by atoms with E-state index in [1.165, 1.54) is 28.1 Å². The Morgan fingerprint density at radius 2 is 1.18 bits per heavy atom. The van der Waals surface area contributed by atoms with Crippen LogP contribution < -0.4 is 10.4 Å². The van der Waals surface area contributed by atoms with Gasteiger partial charge in [-0.25, -0.2) is 0 Å². The number of alkyl halides is 3. The second-order valence-electron chi connectivity index (χ2n) is 6.88. The highest BCUT2D eigenvalue weighted by molar-refractivity contribution is 5.74. The average molecular weight is 376 g/mol. The summed E-state index contributed by atoms with van der Waals surface area (Å²) in [5, 5.41) is 2.47. The van der Waals surface area contributed by atoms with E-state index in [2.05, 4.69) is 36.4 Å². The number of rotatable bonds is 2. The van der Waals surface area contributed by atoms with E-state index >= 15 is 0 Å². The summed E-state index contributed by atoms with van der Waals surface area (Å²) in [6, 6.07) is 21.6. The van der Waals surface area contributed by atoms with E-state index < -0.39 is 11.7 Å². The van der Waals surface area contributed by atoms with E-state index in [0.717, 1.165) is 41.7 Å². The quantitative estimate of drug-likeness (QED) is 0.529. The molecule has 0 nitrogen and oxygen atoms in total. The highest BCUT2D eigenvalue weighted by Gasteiger charge is 2.29. The fraction of sp³-hybridized carbons (Fsp3) is 0.120. The third-order valence-electron chi connectivity index (χ3n) is 5.04. The smallest absolute Gasteiger partial charge is 0.166 e. The minimum absolute atomic E-state index is 0.625.